The van der Waals surface area contributed by atoms with Gasteiger partial charge < -0.3 is 19.8 Å². The van der Waals surface area contributed by atoms with Crippen LogP contribution in [0.3, 0.4) is 0 Å². The number of carbonyl (C=O) groups excluding carboxylic acids is 2. The van der Waals surface area contributed by atoms with Crippen LogP contribution in [0.15, 0.2) is 66.7 Å². The number of aliphatic hydroxyl groups excluding tert-OH is 1. The lowest BCUT2D eigenvalue weighted by molar-refractivity contribution is -0.138. The second-order valence-electron chi connectivity index (χ2n) is 14.7. The van der Waals surface area contributed by atoms with Crippen molar-refractivity contribution in [1.82, 2.24) is 9.80 Å². The highest BCUT2D eigenvalue weighted by molar-refractivity contribution is 6.01. The zero-order valence-electron chi connectivity index (χ0n) is 28.3. The molecule has 264 valence electrons. The SMILES string of the molecule is CC(C)CN(C(=O)C=Cc1cccc(C(F)(F)F)c1)C1CC[C@H]2[C@H]3Cc4cc(C(=O)CO)c(O)c5c4[C@@]2(CCN3CCc2ccccc2)C1O5. The molecule has 5 atom stereocenters. The van der Waals surface area contributed by atoms with Crippen LogP contribution in [0.4, 0.5) is 13.2 Å². The number of ether oxygens (including phenoxy) is 1. The molecule has 1 saturated heterocycles. The molecule has 50 heavy (non-hydrogen) atoms. The van der Waals surface area contributed by atoms with E-state index in [9.17, 15) is 33.0 Å². The van der Waals surface area contributed by atoms with E-state index in [0.29, 0.717) is 19.4 Å². The summed E-state index contributed by atoms with van der Waals surface area (Å²) in [6, 6.07) is 16.8. The summed E-state index contributed by atoms with van der Waals surface area (Å²) in [7, 11) is 0. The van der Waals surface area contributed by atoms with Gasteiger partial charge in [0.25, 0.3) is 0 Å². The van der Waals surface area contributed by atoms with Gasteiger partial charge in [0.1, 0.15) is 12.7 Å². The number of hydrogen-bond acceptors (Lipinski definition) is 6. The number of piperidine rings is 1. The van der Waals surface area contributed by atoms with Gasteiger partial charge in [-0.05, 0) is 91.5 Å². The molecule has 3 aromatic carbocycles. The largest absolute Gasteiger partial charge is 0.504 e. The van der Waals surface area contributed by atoms with Crippen molar-refractivity contribution >= 4 is 17.8 Å². The van der Waals surface area contributed by atoms with E-state index >= 15 is 0 Å². The Kier molecular flexibility index (Phi) is 9.05. The van der Waals surface area contributed by atoms with Gasteiger partial charge in [0, 0.05) is 36.2 Å². The fourth-order valence-corrected chi connectivity index (χ4v) is 9.35. The van der Waals surface area contributed by atoms with Gasteiger partial charge in [-0.15, -0.1) is 0 Å². The molecular weight excluding hydrogens is 645 g/mol. The normalized spacial score (nSPS) is 25.4. The molecule has 1 saturated carbocycles. The molecule has 4 aliphatic rings. The van der Waals surface area contributed by atoms with Crippen LogP contribution in [-0.2, 0) is 29.2 Å². The standard InChI is InChI=1S/C40H43F3N2O5/c1-24(2)22-45(34(48)14-11-26-9-6-10-28(19-26)40(41,42)43)31-13-12-30-32-21-27-20-29(33(47)23-46)36(49)37-35(27)39(30,38(31)50-37)16-18-44(32)17-15-25-7-4-3-5-8-25/h3-11,14,19-20,24,30-32,38,46,49H,12-13,15-18,21-23H2,1-2H3/t30-,31?,32+,38?,39-/m0/s1. The minimum Gasteiger partial charge on any atom is -0.504 e. The average Bonchev–Trinajstić information content (AvgIpc) is 3.45. The number of aliphatic hydroxyl groups is 1. The molecule has 2 unspecified atom stereocenters. The molecule has 0 radical (unpaired) electrons. The van der Waals surface area contributed by atoms with Gasteiger partial charge in [0.15, 0.2) is 17.3 Å². The quantitative estimate of drug-likeness (QED) is 0.189. The van der Waals surface area contributed by atoms with Gasteiger partial charge in [-0.1, -0.05) is 56.3 Å². The summed E-state index contributed by atoms with van der Waals surface area (Å²) in [5.74, 6) is -0.592. The molecule has 2 N–H and O–H groups in total. The highest BCUT2D eigenvalue weighted by Crippen LogP contribution is 2.65. The minimum absolute atomic E-state index is 0.0411. The first-order chi connectivity index (χ1) is 23.9. The molecule has 2 fully saturated rings. The number of phenolic OH excluding ortho intramolecular Hbond substituents is 1. The van der Waals surface area contributed by atoms with Crippen LogP contribution in [0, 0.1) is 11.8 Å². The third-order valence-corrected chi connectivity index (χ3v) is 11.4. The van der Waals surface area contributed by atoms with Crippen molar-refractivity contribution in [2.24, 2.45) is 11.8 Å². The number of alkyl halides is 3. The first-order valence-electron chi connectivity index (χ1n) is 17.6. The number of nitrogens with zero attached hydrogens (tertiary/aromatic N) is 2. The number of Topliss-reactive ketones (excluding diaryl/α,β-unsaturated/α-hetero) is 1. The Morgan fingerprint density at radius 3 is 2.60 bits per heavy atom. The zero-order chi connectivity index (χ0) is 35.4. The maximum absolute atomic E-state index is 14.1. The predicted octanol–water partition coefficient (Wildman–Crippen LogP) is 6.43. The van der Waals surface area contributed by atoms with Crippen molar-refractivity contribution in [1.29, 1.82) is 0 Å². The van der Waals surface area contributed by atoms with Crippen LogP contribution in [0.5, 0.6) is 11.5 Å². The highest BCUT2D eigenvalue weighted by Gasteiger charge is 2.66. The third kappa shape index (κ3) is 5.90. The highest BCUT2D eigenvalue weighted by atomic mass is 19.4. The first kappa shape index (κ1) is 34.3. The molecule has 2 heterocycles. The van der Waals surface area contributed by atoms with Crippen molar-refractivity contribution in [3.63, 3.8) is 0 Å². The Morgan fingerprint density at radius 1 is 1.10 bits per heavy atom. The van der Waals surface area contributed by atoms with E-state index in [4.69, 9.17) is 4.74 Å². The fourth-order valence-electron chi connectivity index (χ4n) is 9.35. The smallest absolute Gasteiger partial charge is 0.416 e. The van der Waals surface area contributed by atoms with Gasteiger partial charge in [0.2, 0.25) is 5.91 Å². The average molecular weight is 689 g/mol. The van der Waals surface area contributed by atoms with Gasteiger partial charge in [-0.2, -0.15) is 13.2 Å². The van der Waals surface area contributed by atoms with E-state index in [-0.39, 0.29) is 52.5 Å². The summed E-state index contributed by atoms with van der Waals surface area (Å²) in [6.45, 7) is 5.38. The van der Waals surface area contributed by atoms with E-state index in [1.54, 1.807) is 11.0 Å². The summed E-state index contributed by atoms with van der Waals surface area (Å²) in [5, 5.41) is 21.2. The molecule has 2 aliphatic heterocycles. The van der Waals surface area contributed by atoms with E-state index in [1.807, 2.05) is 32.0 Å². The van der Waals surface area contributed by atoms with Crippen molar-refractivity contribution < 1.29 is 37.7 Å². The Bertz CT molecular complexity index is 1810. The monoisotopic (exact) mass is 688 g/mol. The Hall–Kier alpha value is -4.15. The van der Waals surface area contributed by atoms with Crippen molar-refractivity contribution in [3.05, 3.63) is 100 Å². The van der Waals surface area contributed by atoms with Crippen LogP contribution in [0.2, 0.25) is 0 Å². The molecule has 10 heteroatoms. The second kappa shape index (κ2) is 13.2. The summed E-state index contributed by atoms with van der Waals surface area (Å²) in [4.78, 5) is 31.3. The molecule has 1 spiro atoms. The van der Waals surface area contributed by atoms with E-state index in [0.717, 1.165) is 55.6 Å². The molecule has 2 aliphatic carbocycles. The van der Waals surface area contributed by atoms with Gasteiger partial charge in [0.05, 0.1) is 17.2 Å². The lowest BCUT2D eigenvalue weighted by Gasteiger charge is -2.60. The molecule has 3 aromatic rings. The van der Waals surface area contributed by atoms with Gasteiger partial charge in [-0.3, -0.25) is 14.5 Å². The molecule has 7 nitrogen and oxygen atoms in total. The number of benzene rings is 3. The number of ketones is 1. The number of carbonyl (C=O) groups is 2. The van der Waals surface area contributed by atoms with Crippen molar-refractivity contribution in [2.75, 3.05) is 26.2 Å². The Balaban J connectivity index is 1.25. The topological polar surface area (TPSA) is 90.3 Å². The summed E-state index contributed by atoms with van der Waals surface area (Å²) >= 11 is 0. The van der Waals surface area contributed by atoms with Crippen LogP contribution in [-0.4, -0.2) is 76.1 Å². The third-order valence-electron chi connectivity index (χ3n) is 11.4. The number of amides is 1. The second-order valence-corrected chi connectivity index (χ2v) is 14.7. The maximum atomic E-state index is 14.1. The van der Waals surface area contributed by atoms with Crippen LogP contribution in [0.1, 0.15) is 71.3 Å². The van der Waals surface area contributed by atoms with Crippen molar-refractivity contribution in [3.8, 4) is 11.5 Å². The van der Waals surface area contributed by atoms with Crippen LogP contribution >= 0.6 is 0 Å². The number of aromatic hydroxyl groups is 1. The first-order valence-corrected chi connectivity index (χ1v) is 17.6. The summed E-state index contributed by atoms with van der Waals surface area (Å²) in [6.07, 6.45) is 1.60. The molecule has 2 bridgehead atoms. The van der Waals surface area contributed by atoms with E-state index in [1.165, 1.54) is 29.8 Å². The number of halogens is 3. The minimum atomic E-state index is -4.49. The van der Waals surface area contributed by atoms with Crippen LogP contribution in [0.25, 0.3) is 6.08 Å². The summed E-state index contributed by atoms with van der Waals surface area (Å²) in [5.41, 5.74) is 2.17. The van der Waals surface area contributed by atoms with E-state index < -0.39 is 35.6 Å². The number of likely N-dealkylation sites (tertiary alicyclic amines) is 1. The van der Waals surface area contributed by atoms with Crippen molar-refractivity contribution in [2.45, 2.75) is 75.7 Å². The van der Waals surface area contributed by atoms with Crippen LogP contribution < -0.4 is 4.74 Å². The predicted molar refractivity (Wildman–Crippen MR) is 183 cm³/mol. The van der Waals surface area contributed by atoms with E-state index in [2.05, 4.69) is 17.0 Å². The number of rotatable bonds is 10. The zero-order valence-corrected chi connectivity index (χ0v) is 28.3. The molecule has 0 aromatic heterocycles. The lowest BCUT2D eigenvalue weighted by Crippen LogP contribution is -2.69. The molecular formula is C40H43F3N2O5. The maximum Gasteiger partial charge on any atom is 0.416 e. The Labute approximate surface area is 290 Å². The Morgan fingerprint density at radius 2 is 1.88 bits per heavy atom. The summed E-state index contributed by atoms with van der Waals surface area (Å²) < 4.78 is 47.0. The molecule has 1 amide bonds. The lowest BCUT2D eigenvalue weighted by atomic mass is 9.50. The number of phenols is 1. The van der Waals surface area contributed by atoms with Gasteiger partial charge in [-0.25, -0.2) is 0 Å². The molecule has 7 rings (SSSR count). The van der Waals surface area contributed by atoms with Gasteiger partial charge >= 0.3 is 6.18 Å². The number of hydrogen-bond donors (Lipinski definition) is 2. The fraction of sp³-hybridized carbons (Fsp3) is 0.450.